The molecule has 0 radical (unpaired) electrons. The molecule has 1 saturated heterocycles. The highest BCUT2D eigenvalue weighted by molar-refractivity contribution is 5.60. The van der Waals surface area contributed by atoms with Gasteiger partial charge in [0.1, 0.15) is 0 Å². The summed E-state index contributed by atoms with van der Waals surface area (Å²) in [7, 11) is 0. The Kier molecular flexibility index (Phi) is 4.39. The van der Waals surface area contributed by atoms with Crippen LogP contribution in [0.5, 0.6) is 0 Å². The van der Waals surface area contributed by atoms with Crippen molar-refractivity contribution in [2.24, 2.45) is 5.92 Å². The summed E-state index contributed by atoms with van der Waals surface area (Å²) in [4.78, 5) is 23.5. The quantitative estimate of drug-likeness (QED) is 0.918. The minimum absolute atomic E-state index is 0.250. The largest absolute Gasteiger partial charge is 0.373 e. The lowest BCUT2D eigenvalue weighted by molar-refractivity contribution is -0.191. The SMILES string of the molecule is CCc1cn2c(n1)N(c1ccc(C34CNCC3C4)cc1)CCC2.O=C=O. The molecule has 0 bridgehead atoms. The second-order valence-electron chi connectivity index (χ2n) is 7.40. The number of aromatic nitrogens is 2. The fraction of sp³-hybridized carbons (Fsp3) is 0.500. The van der Waals surface area contributed by atoms with E-state index in [4.69, 9.17) is 14.6 Å². The highest BCUT2D eigenvalue weighted by atomic mass is 16.2. The van der Waals surface area contributed by atoms with Crippen molar-refractivity contribution in [3.63, 3.8) is 0 Å². The standard InChI is InChI=1S/C19H24N4.CO2/c1-2-16-12-22-8-3-9-23(18(22)21-16)17-6-4-14(5-7-17)19-10-15(19)11-20-13-19;2-1-3/h4-7,12,15,20H,2-3,8-11,13H2,1H3;. The Morgan fingerprint density at radius 3 is 2.65 bits per heavy atom. The van der Waals surface area contributed by atoms with Gasteiger partial charge in [0.25, 0.3) is 0 Å². The number of hydrogen-bond donors (Lipinski definition) is 1. The minimum atomic E-state index is 0.250. The molecule has 2 atom stereocenters. The Hall–Kier alpha value is -2.43. The number of hydrogen-bond acceptors (Lipinski definition) is 5. The van der Waals surface area contributed by atoms with Crippen LogP contribution in [0.2, 0.25) is 0 Å². The predicted molar refractivity (Wildman–Crippen MR) is 97.3 cm³/mol. The average Bonchev–Trinajstić information content (AvgIpc) is 3.04. The molecule has 2 unspecified atom stereocenters. The highest BCUT2D eigenvalue weighted by Crippen LogP contribution is 2.56. The van der Waals surface area contributed by atoms with E-state index in [0.717, 1.165) is 37.9 Å². The molecule has 0 spiro atoms. The molecule has 3 heterocycles. The Labute approximate surface area is 153 Å². The Balaban J connectivity index is 0.000000527. The summed E-state index contributed by atoms with van der Waals surface area (Å²) in [5.41, 5.74) is 4.45. The van der Waals surface area contributed by atoms with E-state index in [-0.39, 0.29) is 6.15 Å². The molecule has 6 nitrogen and oxygen atoms in total. The van der Waals surface area contributed by atoms with Crippen LogP contribution in [-0.2, 0) is 28.0 Å². The maximum Gasteiger partial charge on any atom is 0.373 e. The van der Waals surface area contributed by atoms with Gasteiger partial charge in [-0.1, -0.05) is 19.1 Å². The third-order valence-electron chi connectivity index (χ3n) is 6.01. The van der Waals surface area contributed by atoms with E-state index in [1.807, 2.05) is 0 Å². The van der Waals surface area contributed by atoms with Crippen LogP contribution in [-0.4, -0.2) is 35.3 Å². The van der Waals surface area contributed by atoms with Gasteiger partial charge < -0.3 is 14.8 Å². The lowest BCUT2D eigenvalue weighted by Crippen LogP contribution is -2.28. The fourth-order valence-electron chi connectivity index (χ4n) is 4.52. The summed E-state index contributed by atoms with van der Waals surface area (Å²) in [5.74, 6) is 1.99. The van der Waals surface area contributed by atoms with E-state index < -0.39 is 0 Å². The normalized spacial score (nSPS) is 25.6. The van der Waals surface area contributed by atoms with E-state index in [0.29, 0.717) is 5.41 Å². The molecule has 3 aliphatic rings. The smallest absolute Gasteiger partial charge is 0.317 e. The van der Waals surface area contributed by atoms with E-state index in [1.54, 1.807) is 0 Å². The number of aryl methyl sites for hydroxylation is 2. The van der Waals surface area contributed by atoms with Crippen molar-refractivity contribution >= 4 is 17.8 Å². The van der Waals surface area contributed by atoms with Gasteiger partial charge in [0, 0.05) is 36.9 Å². The maximum atomic E-state index is 8.12. The van der Waals surface area contributed by atoms with E-state index >= 15 is 0 Å². The first kappa shape index (κ1) is 17.0. The van der Waals surface area contributed by atoms with Gasteiger partial charge in [-0.25, -0.2) is 4.98 Å². The lowest BCUT2D eigenvalue weighted by Gasteiger charge is -2.29. The number of carbonyl (C=O) groups excluding carboxylic acids is 2. The minimum Gasteiger partial charge on any atom is -0.317 e. The molecule has 0 amide bonds. The van der Waals surface area contributed by atoms with Crippen LogP contribution in [0.1, 0.15) is 31.0 Å². The first-order chi connectivity index (χ1) is 12.7. The highest BCUT2D eigenvalue weighted by Gasteiger charge is 2.57. The molecule has 1 saturated carbocycles. The van der Waals surface area contributed by atoms with Gasteiger partial charge in [-0.3, -0.25) is 0 Å². The number of rotatable bonds is 3. The monoisotopic (exact) mass is 352 g/mol. The number of piperidine rings is 1. The number of benzene rings is 1. The van der Waals surface area contributed by atoms with Crippen LogP contribution < -0.4 is 10.2 Å². The number of anilines is 2. The summed E-state index contributed by atoms with van der Waals surface area (Å²) < 4.78 is 2.31. The van der Waals surface area contributed by atoms with Crippen LogP contribution >= 0.6 is 0 Å². The second-order valence-corrected chi connectivity index (χ2v) is 7.40. The van der Waals surface area contributed by atoms with Crippen LogP contribution in [0.4, 0.5) is 11.6 Å². The van der Waals surface area contributed by atoms with Gasteiger partial charge in [-0.2, -0.15) is 9.59 Å². The molecule has 2 aliphatic heterocycles. The van der Waals surface area contributed by atoms with Crippen LogP contribution in [0.15, 0.2) is 30.5 Å². The summed E-state index contributed by atoms with van der Waals surface area (Å²) in [5, 5.41) is 3.54. The zero-order valence-corrected chi connectivity index (χ0v) is 15.1. The van der Waals surface area contributed by atoms with Gasteiger partial charge in [0.15, 0.2) is 0 Å². The Morgan fingerprint density at radius 2 is 2.04 bits per heavy atom. The summed E-state index contributed by atoms with van der Waals surface area (Å²) in [6.45, 7) is 6.69. The third-order valence-corrected chi connectivity index (χ3v) is 6.01. The maximum absolute atomic E-state index is 8.12. The molecular weight excluding hydrogens is 328 g/mol. The third kappa shape index (κ3) is 2.75. The van der Waals surface area contributed by atoms with Crippen LogP contribution in [0, 0.1) is 5.92 Å². The van der Waals surface area contributed by atoms with Gasteiger partial charge in [-0.15, -0.1) is 0 Å². The van der Waals surface area contributed by atoms with Gasteiger partial charge >= 0.3 is 6.15 Å². The fourth-order valence-corrected chi connectivity index (χ4v) is 4.52. The molecule has 26 heavy (non-hydrogen) atoms. The average molecular weight is 352 g/mol. The molecule has 2 fully saturated rings. The van der Waals surface area contributed by atoms with Gasteiger partial charge in [0.05, 0.1) is 5.69 Å². The van der Waals surface area contributed by atoms with Crippen molar-refractivity contribution in [1.82, 2.24) is 14.9 Å². The summed E-state index contributed by atoms with van der Waals surface area (Å²) in [6, 6.07) is 9.30. The van der Waals surface area contributed by atoms with Gasteiger partial charge in [-0.05, 0) is 49.4 Å². The van der Waals surface area contributed by atoms with Crippen LogP contribution in [0.25, 0.3) is 0 Å². The van der Waals surface area contributed by atoms with Crippen molar-refractivity contribution in [2.75, 3.05) is 24.5 Å². The van der Waals surface area contributed by atoms with Crippen molar-refractivity contribution in [1.29, 1.82) is 0 Å². The molecule has 136 valence electrons. The Bertz CT molecular complexity index is 823. The van der Waals surface area contributed by atoms with Crippen molar-refractivity contribution in [2.45, 2.75) is 38.1 Å². The topological polar surface area (TPSA) is 67.2 Å². The zero-order chi connectivity index (χ0) is 18.1. The number of fused-ring (bicyclic) bond motifs is 2. The van der Waals surface area contributed by atoms with E-state index in [2.05, 4.69) is 52.2 Å². The van der Waals surface area contributed by atoms with E-state index in [9.17, 15) is 0 Å². The molecule has 2 aromatic rings. The molecule has 1 aromatic heterocycles. The molecule has 5 rings (SSSR count). The van der Waals surface area contributed by atoms with Crippen molar-refractivity contribution < 1.29 is 9.59 Å². The Morgan fingerprint density at radius 1 is 1.27 bits per heavy atom. The second kappa shape index (κ2) is 6.71. The molecule has 1 aromatic carbocycles. The molecule has 6 heteroatoms. The van der Waals surface area contributed by atoms with Crippen molar-refractivity contribution in [3.8, 4) is 0 Å². The number of nitrogens with zero attached hydrogens (tertiary/aromatic N) is 3. The molecule has 1 N–H and O–H groups in total. The number of nitrogens with one attached hydrogen (secondary N) is 1. The lowest BCUT2D eigenvalue weighted by atomic mass is 9.95. The van der Waals surface area contributed by atoms with Crippen molar-refractivity contribution in [3.05, 3.63) is 41.7 Å². The summed E-state index contributed by atoms with van der Waals surface area (Å²) in [6.07, 6.45) is 6.02. The predicted octanol–water partition coefficient (Wildman–Crippen LogP) is 2.26. The zero-order valence-electron chi connectivity index (χ0n) is 15.1. The van der Waals surface area contributed by atoms with Crippen LogP contribution in [0.3, 0.4) is 0 Å². The van der Waals surface area contributed by atoms with Gasteiger partial charge in [0.2, 0.25) is 5.95 Å². The molecule has 1 aliphatic carbocycles. The first-order valence-corrected chi connectivity index (χ1v) is 9.36. The first-order valence-electron chi connectivity index (χ1n) is 9.36. The van der Waals surface area contributed by atoms with E-state index in [1.165, 1.54) is 36.3 Å². The number of imidazole rings is 1. The summed E-state index contributed by atoms with van der Waals surface area (Å²) >= 11 is 0. The molecular formula is C20H24N4O2.